The molecule has 1 aromatic carbocycles. The van der Waals surface area contributed by atoms with E-state index in [1.165, 1.54) is 11.5 Å². The van der Waals surface area contributed by atoms with E-state index in [1.54, 1.807) is 29.2 Å². The lowest BCUT2D eigenvalue weighted by Gasteiger charge is -2.41. The van der Waals surface area contributed by atoms with Crippen molar-refractivity contribution in [1.82, 2.24) is 14.5 Å². The highest BCUT2D eigenvalue weighted by Crippen LogP contribution is 2.49. The van der Waals surface area contributed by atoms with Crippen molar-refractivity contribution in [3.05, 3.63) is 64.3 Å². The highest BCUT2D eigenvalue weighted by atomic mass is 19.1. The highest BCUT2D eigenvalue weighted by molar-refractivity contribution is 6.06. The third-order valence-electron chi connectivity index (χ3n) is 7.30. The zero-order chi connectivity index (χ0) is 26.2. The number of fused-ring (bicyclic) bond motifs is 3. The normalized spacial score (nSPS) is 14.7. The minimum absolute atomic E-state index is 0.0395. The van der Waals surface area contributed by atoms with E-state index in [1.807, 2.05) is 12.1 Å². The zero-order valence-corrected chi connectivity index (χ0v) is 21.0. The first kappa shape index (κ1) is 23.2. The van der Waals surface area contributed by atoms with E-state index in [0.717, 1.165) is 40.0 Å². The summed E-state index contributed by atoms with van der Waals surface area (Å²) in [6, 6.07) is 4.88. The van der Waals surface area contributed by atoms with Gasteiger partial charge in [0, 0.05) is 68.1 Å². The molecule has 0 saturated carbocycles. The van der Waals surface area contributed by atoms with Gasteiger partial charge in [0.25, 0.3) is 5.56 Å². The van der Waals surface area contributed by atoms with Crippen LogP contribution >= 0.6 is 0 Å². The number of aromatic amines is 1. The molecule has 10 heteroatoms. The number of anilines is 4. The van der Waals surface area contributed by atoms with Crippen LogP contribution in [0.2, 0.25) is 0 Å². The number of rotatable bonds is 2. The lowest BCUT2D eigenvalue weighted by atomic mass is 9.97. The Hall–Kier alpha value is -4.21. The molecule has 1 N–H and O–H groups in total. The summed E-state index contributed by atoms with van der Waals surface area (Å²) in [6.07, 6.45) is 4.52. The fourth-order valence-electron chi connectivity index (χ4n) is 5.58. The molecular formula is C27H26F2N6O2. The molecule has 0 saturated heterocycles. The summed E-state index contributed by atoms with van der Waals surface area (Å²) in [5.74, 6) is -1.70. The number of halogens is 2. The predicted octanol–water partition coefficient (Wildman–Crippen LogP) is 4.44. The van der Waals surface area contributed by atoms with Crippen molar-refractivity contribution in [2.24, 2.45) is 7.05 Å². The lowest BCUT2D eigenvalue weighted by molar-refractivity contribution is -0.116. The third-order valence-corrected chi connectivity index (χ3v) is 7.30. The maximum absolute atomic E-state index is 15.2. The van der Waals surface area contributed by atoms with Crippen molar-refractivity contribution in [2.75, 3.05) is 27.8 Å². The first-order chi connectivity index (χ1) is 17.7. The molecule has 3 aromatic heterocycles. The van der Waals surface area contributed by atoms with Crippen molar-refractivity contribution in [3.63, 3.8) is 0 Å². The van der Waals surface area contributed by atoms with Gasteiger partial charge in [0.1, 0.15) is 11.3 Å². The molecule has 0 aliphatic carbocycles. The molecule has 0 unspecified atom stereocenters. The second-order valence-corrected chi connectivity index (χ2v) is 9.88. The number of aromatic nitrogens is 3. The van der Waals surface area contributed by atoms with E-state index in [-0.39, 0.29) is 29.9 Å². The first-order valence-corrected chi connectivity index (χ1v) is 12.2. The molecule has 0 spiro atoms. The van der Waals surface area contributed by atoms with Gasteiger partial charge in [-0.15, -0.1) is 0 Å². The van der Waals surface area contributed by atoms with Crippen molar-refractivity contribution in [1.29, 1.82) is 0 Å². The van der Waals surface area contributed by atoms with Crippen LogP contribution in [-0.4, -0.2) is 39.6 Å². The molecule has 2 aliphatic rings. The number of H-pyrrole nitrogens is 1. The molecule has 1 amide bonds. The van der Waals surface area contributed by atoms with Crippen LogP contribution < -0.4 is 20.3 Å². The number of benzene rings is 1. The Labute approximate surface area is 211 Å². The van der Waals surface area contributed by atoms with Gasteiger partial charge in [-0.1, -0.05) is 0 Å². The fourth-order valence-corrected chi connectivity index (χ4v) is 5.58. The van der Waals surface area contributed by atoms with Crippen LogP contribution in [0.1, 0.15) is 26.3 Å². The van der Waals surface area contributed by atoms with E-state index in [9.17, 15) is 14.0 Å². The van der Waals surface area contributed by atoms with Gasteiger partial charge in [0.15, 0.2) is 11.6 Å². The standard InChI is InChI=1S/C27H26F2N6O2/c1-14(2)33-5-6-34(15(3)36)23-9-21-18(8-22(23)33)19-13-32(4)27(37)25-24(19)16(10-30-25)12-35(21)26-20(29)7-17(28)11-31-26/h7-11,13-14,30H,5-6,12H2,1-4H3. The molecule has 190 valence electrons. The number of carbonyl (C=O) groups excluding carboxylic acids is 1. The average Bonchev–Trinajstić information content (AvgIpc) is 3.22. The van der Waals surface area contributed by atoms with Gasteiger partial charge in [-0.25, -0.2) is 13.8 Å². The number of carbonyl (C=O) groups is 1. The number of nitrogens with zero attached hydrogens (tertiary/aromatic N) is 5. The molecule has 4 aromatic rings. The smallest absolute Gasteiger partial charge is 0.274 e. The van der Waals surface area contributed by atoms with E-state index >= 15 is 4.39 Å². The van der Waals surface area contributed by atoms with Crippen LogP contribution in [0.4, 0.5) is 31.7 Å². The molecule has 0 fully saturated rings. The van der Waals surface area contributed by atoms with Gasteiger partial charge in [0.2, 0.25) is 5.91 Å². The van der Waals surface area contributed by atoms with E-state index in [0.29, 0.717) is 30.0 Å². The second kappa shape index (κ2) is 8.16. The third kappa shape index (κ3) is 3.42. The number of amides is 1. The molecular weight excluding hydrogens is 478 g/mol. The van der Waals surface area contributed by atoms with E-state index in [4.69, 9.17) is 0 Å². The lowest BCUT2D eigenvalue weighted by Crippen LogP contribution is -2.46. The van der Waals surface area contributed by atoms with Crippen molar-refractivity contribution in [2.45, 2.75) is 33.4 Å². The van der Waals surface area contributed by atoms with Crippen LogP contribution in [0.3, 0.4) is 0 Å². The molecule has 0 radical (unpaired) electrons. The monoisotopic (exact) mass is 504 g/mol. The summed E-state index contributed by atoms with van der Waals surface area (Å²) in [7, 11) is 1.69. The van der Waals surface area contributed by atoms with E-state index in [2.05, 4.69) is 28.7 Å². The van der Waals surface area contributed by atoms with E-state index < -0.39 is 11.6 Å². The highest BCUT2D eigenvalue weighted by Gasteiger charge is 2.33. The summed E-state index contributed by atoms with van der Waals surface area (Å²) in [5.41, 5.74) is 4.85. The fraction of sp³-hybridized carbons (Fsp3) is 0.296. The zero-order valence-electron chi connectivity index (χ0n) is 21.0. The number of nitrogens with one attached hydrogen (secondary N) is 1. The molecule has 0 bridgehead atoms. The maximum Gasteiger partial charge on any atom is 0.274 e. The van der Waals surface area contributed by atoms with Gasteiger partial charge in [0.05, 0.1) is 29.8 Å². The minimum atomic E-state index is -0.802. The number of hydrogen-bond donors (Lipinski definition) is 1. The quantitative estimate of drug-likeness (QED) is 0.437. The maximum atomic E-state index is 15.2. The molecule has 37 heavy (non-hydrogen) atoms. The number of hydrogen-bond acceptors (Lipinski definition) is 5. The second-order valence-electron chi connectivity index (χ2n) is 9.88. The largest absolute Gasteiger partial charge is 0.366 e. The van der Waals surface area contributed by atoms with Gasteiger partial charge in [-0.3, -0.25) is 9.59 Å². The molecule has 2 aliphatic heterocycles. The SMILES string of the molecule is CC(=O)N1CCN(C(C)C)c2cc3c(cc21)N(c1ncc(F)cc1F)Cc1c[nH]c2c(=O)n(C)cc-3c12. The van der Waals surface area contributed by atoms with Crippen LogP contribution in [0, 0.1) is 11.6 Å². The number of pyridine rings is 2. The topological polar surface area (TPSA) is 77.5 Å². The molecule has 8 nitrogen and oxygen atoms in total. The Morgan fingerprint density at radius 2 is 1.86 bits per heavy atom. The summed E-state index contributed by atoms with van der Waals surface area (Å²) in [5, 5.41) is 0.754. The van der Waals surface area contributed by atoms with Crippen molar-refractivity contribution in [3.8, 4) is 11.1 Å². The Morgan fingerprint density at radius 3 is 2.57 bits per heavy atom. The predicted molar refractivity (Wildman–Crippen MR) is 139 cm³/mol. The Bertz CT molecular complexity index is 1660. The van der Waals surface area contributed by atoms with Crippen molar-refractivity contribution >= 4 is 39.7 Å². The number of aryl methyl sites for hydroxylation is 1. The average molecular weight is 505 g/mol. The summed E-state index contributed by atoms with van der Waals surface area (Å²) in [4.78, 5) is 38.4. The summed E-state index contributed by atoms with van der Waals surface area (Å²) in [6.45, 7) is 7.10. The minimum Gasteiger partial charge on any atom is -0.366 e. The molecule has 6 rings (SSSR count). The van der Waals surface area contributed by atoms with Crippen LogP contribution in [-0.2, 0) is 18.4 Å². The summed E-state index contributed by atoms with van der Waals surface area (Å²) < 4.78 is 30.5. The van der Waals surface area contributed by atoms with Gasteiger partial charge in [-0.2, -0.15) is 0 Å². The molecule has 0 atom stereocenters. The summed E-state index contributed by atoms with van der Waals surface area (Å²) >= 11 is 0. The van der Waals surface area contributed by atoms with Crippen molar-refractivity contribution < 1.29 is 13.6 Å². The Balaban J connectivity index is 1.72. The van der Waals surface area contributed by atoms with Gasteiger partial charge >= 0.3 is 0 Å². The van der Waals surface area contributed by atoms with Crippen LogP contribution in [0.5, 0.6) is 0 Å². The molecule has 5 heterocycles. The first-order valence-electron chi connectivity index (χ1n) is 12.2. The Kier molecular flexibility index (Phi) is 5.11. The van der Waals surface area contributed by atoms with Gasteiger partial charge < -0.3 is 24.3 Å². The van der Waals surface area contributed by atoms with Crippen LogP contribution in [0.25, 0.3) is 22.0 Å². The van der Waals surface area contributed by atoms with Crippen LogP contribution in [0.15, 0.2) is 41.6 Å². The Morgan fingerprint density at radius 1 is 1.08 bits per heavy atom. The van der Waals surface area contributed by atoms with Gasteiger partial charge in [-0.05, 0) is 31.5 Å².